The maximum atomic E-state index is 12.0. The topological polar surface area (TPSA) is 32.8 Å². The molecule has 2 fully saturated rings. The molecular weight excluding hydrogens is 273 g/mol. The van der Waals surface area contributed by atoms with E-state index in [9.17, 15) is 18.0 Å². The van der Waals surface area contributed by atoms with Gasteiger partial charge in [0, 0.05) is 19.1 Å². The van der Waals surface area contributed by atoms with Crippen LogP contribution in [0.2, 0.25) is 0 Å². The number of carbonyl (C=O) groups excluding carboxylic acids is 1. The summed E-state index contributed by atoms with van der Waals surface area (Å²) in [6.45, 7) is 1.67. The number of piperidine rings is 2. The van der Waals surface area contributed by atoms with Gasteiger partial charge in [-0.25, -0.2) is 4.79 Å². The van der Waals surface area contributed by atoms with Crippen molar-refractivity contribution in [3.05, 3.63) is 0 Å². The van der Waals surface area contributed by atoms with Gasteiger partial charge >= 0.3 is 12.3 Å². The molecule has 2 aliphatic rings. The van der Waals surface area contributed by atoms with Crippen molar-refractivity contribution < 1.29 is 22.7 Å². The normalized spacial score (nSPS) is 22.9. The number of likely N-dealkylation sites (tertiary alicyclic amines) is 2. The SMILES string of the molecule is O=C(OCC(F)(F)F)N1CCC(N2CCCCC2)CC1. The van der Waals surface area contributed by atoms with Gasteiger partial charge in [0.1, 0.15) is 0 Å². The Balaban J connectivity index is 1.71. The lowest BCUT2D eigenvalue weighted by molar-refractivity contribution is -0.162. The molecule has 0 atom stereocenters. The average Bonchev–Trinajstić information content (AvgIpc) is 2.45. The lowest BCUT2D eigenvalue weighted by Crippen LogP contribution is -2.48. The minimum atomic E-state index is -4.46. The highest BCUT2D eigenvalue weighted by Gasteiger charge is 2.32. The van der Waals surface area contributed by atoms with Crippen molar-refractivity contribution in [3.8, 4) is 0 Å². The molecule has 0 spiro atoms. The summed E-state index contributed by atoms with van der Waals surface area (Å²) in [5, 5.41) is 0. The van der Waals surface area contributed by atoms with Gasteiger partial charge in [0.2, 0.25) is 0 Å². The summed E-state index contributed by atoms with van der Waals surface area (Å²) in [5.41, 5.74) is 0. The van der Waals surface area contributed by atoms with Crippen molar-refractivity contribution in [1.29, 1.82) is 0 Å². The Morgan fingerprint density at radius 1 is 1.05 bits per heavy atom. The first-order chi connectivity index (χ1) is 9.46. The van der Waals surface area contributed by atoms with E-state index in [2.05, 4.69) is 9.64 Å². The minimum absolute atomic E-state index is 0.460. The molecule has 2 saturated heterocycles. The minimum Gasteiger partial charge on any atom is -0.440 e. The van der Waals surface area contributed by atoms with Crippen LogP contribution in [-0.2, 0) is 4.74 Å². The number of amides is 1. The van der Waals surface area contributed by atoms with Gasteiger partial charge in [0.15, 0.2) is 6.61 Å². The van der Waals surface area contributed by atoms with Gasteiger partial charge in [-0.05, 0) is 38.8 Å². The number of rotatable bonds is 2. The summed E-state index contributed by atoms with van der Waals surface area (Å²) in [6.07, 6.45) is 0.0459. The number of hydrogen-bond donors (Lipinski definition) is 0. The first-order valence-corrected chi connectivity index (χ1v) is 7.18. The van der Waals surface area contributed by atoms with E-state index in [4.69, 9.17) is 0 Å². The van der Waals surface area contributed by atoms with Gasteiger partial charge in [0.25, 0.3) is 0 Å². The van der Waals surface area contributed by atoms with Crippen LogP contribution in [0.1, 0.15) is 32.1 Å². The fourth-order valence-corrected chi connectivity index (χ4v) is 2.93. The second-order valence-electron chi connectivity index (χ2n) is 5.48. The summed E-state index contributed by atoms with van der Waals surface area (Å²) >= 11 is 0. The molecule has 0 aliphatic carbocycles. The predicted molar refractivity (Wildman–Crippen MR) is 67.4 cm³/mol. The Morgan fingerprint density at radius 3 is 2.20 bits per heavy atom. The maximum Gasteiger partial charge on any atom is 0.422 e. The molecule has 4 nitrogen and oxygen atoms in total. The zero-order valence-corrected chi connectivity index (χ0v) is 11.5. The largest absolute Gasteiger partial charge is 0.440 e. The van der Waals surface area contributed by atoms with Crippen molar-refractivity contribution in [3.63, 3.8) is 0 Å². The maximum absolute atomic E-state index is 12.0. The summed E-state index contributed by atoms with van der Waals surface area (Å²) in [7, 11) is 0. The van der Waals surface area contributed by atoms with E-state index in [0.717, 1.165) is 25.9 Å². The highest BCUT2D eigenvalue weighted by atomic mass is 19.4. The van der Waals surface area contributed by atoms with Crippen molar-refractivity contribution in [2.75, 3.05) is 32.8 Å². The van der Waals surface area contributed by atoms with Gasteiger partial charge < -0.3 is 14.5 Å². The smallest absolute Gasteiger partial charge is 0.422 e. The van der Waals surface area contributed by atoms with Crippen molar-refractivity contribution >= 4 is 6.09 Å². The number of carbonyl (C=O) groups is 1. The third-order valence-corrected chi connectivity index (χ3v) is 3.99. The zero-order valence-electron chi connectivity index (χ0n) is 11.5. The van der Waals surface area contributed by atoms with E-state index in [1.165, 1.54) is 24.2 Å². The van der Waals surface area contributed by atoms with Gasteiger partial charge in [-0.1, -0.05) is 6.42 Å². The van der Waals surface area contributed by atoms with Crippen LogP contribution < -0.4 is 0 Å². The lowest BCUT2D eigenvalue weighted by Gasteiger charge is -2.39. The van der Waals surface area contributed by atoms with E-state index >= 15 is 0 Å². The van der Waals surface area contributed by atoms with Crippen molar-refractivity contribution in [2.24, 2.45) is 0 Å². The molecule has 0 aromatic heterocycles. The number of ether oxygens (including phenoxy) is 1. The third-order valence-electron chi connectivity index (χ3n) is 3.99. The highest BCUT2D eigenvalue weighted by molar-refractivity contribution is 5.67. The third kappa shape index (κ3) is 4.54. The Hall–Kier alpha value is -0.980. The predicted octanol–water partition coefficient (Wildman–Crippen LogP) is 2.64. The Morgan fingerprint density at radius 2 is 1.65 bits per heavy atom. The van der Waals surface area contributed by atoms with Gasteiger partial charge in [0.05, 0.1) is 0 Å². The standard InChI is InChI=1S/C13H21F3N2O2/c14-13(15,16)10-20-12(19)18-8-4-11(5-9-18)17-6-2-1-3-7-17/h11H,1-10H2. The first-order valence-electron chi connectivity index (χ1n) is 7.18. The number of nitrogens with zero attached hydrogens (tertiary/aromatic N) is 2. The molecule has 0 bridgehead atoms. The van der Waals surface area contributed by atoms with E-state index < -0.39 is 18.9 Å². The van der Waals surface area contributed by atoms with Gasteiger partial charge in [-0.15, -0.1) is 0 Å². The molecule has 0 aromatic rings. The summed E-state index contributed by atoms with van der Waals surface area (Å²) in [4.78, 5) is 15.3. The fraction of sp³-hybridized carbons (Fsp3) is 0.923. The molecular formula is C13H21F3N2O2. The molecule has 0 saturated carbocycles. The quantitative estimate of drug-likeness (QED) is 0.785. The monoisotopic (exact) mass is 294 g/mol. The Kier molecular flexibility index (Phi) is 5.12. The number of hydrogen-bond acceptors (Lipinski definition) is 3. The molecule has 2 aliphatic heterocycles. The van der Waals surface area contributed by atoms with Crippen molar-refractivity contribution in [2.45, 2.75) is 44.3 Å². The second kappa shape index (κ2) is 6.65. The van der Waals surface area contributed by atoms with Crippen LogP contribution in [0, 0.1) is 0 Å². The van der Waals surface area contributed by atoms with Crippen LogP contribution in [0.25, 0.3) is 0 Å². The lowest BCUT2D eigenvalue weighted by atomic mass is 10.0. The zero-order chi connectivity index (χ0) is 14.6. The Bertz CT molecular complexity index is 322. The molecule has 0 radical (unpaired) electrons. The van der Waals surface area contributed by atoms with Crippen molar-refractivity contribution in [1.82, 2.24) is 9.80 Å². The molecule has 7 heteroatoms. The molecule has 2 rings (SSSR count). The van der Waals surface area contributed by atoms with E-state index in [1.807, 2.05) is 0 Å². The molecule has 116 valence electrons. The first kappa shape index (κ1) is 15.4. The second-order valence-corrected chi connectivity index (χ2v) is 5.48. The van der Waals surface area contributed by atoms with E-state index in [1.54, 1.807) is 0 Å². The van der Waals surface area contributed by atoms with Crippen LogP contribution in [-0.4, -0.2) is 60.9 Å². The van der Waals surface area contributed by atoms with Crippen LogP contribution >= 0.6 is 0 Å². The summed E-state index contributed by atoms with van der Waals surface area (Å²) < 4.78 is 40.2. The summed E-state index contributed by atoms with van der Waals surface area (Å²) in [6, 6.07) is 0.460. The van der Waals surface area contributed by atoms with Crippen LogP contribution in [0.3, 0.4) is 0 Å². The van der Waals surface area contributed by atoms with Crippen LogP contribution in [0.5, 0.6) is 0 Å². The summed E-state index contributed by atoms with van der Waals surface area (Å²) in [5.74, 6) is 0. The number of alkyl halides is 3. The van der Waals surface area contributed by atoms with Crippen LogP contribution in [0.4, 0.5) is 18.0 Å². The molecule has 0 unspecified atom stereocenters. The molecule has 2 heterocycles. The molecule has 0 N–H and O–H groups in total. The van der Waals surface area contributed by atoms with Crippen LogP contribution in [0.15, 0.2) is 0 Å². The average molecular weight is 294 g/mol. The molecule has 20 heavy (non-hydrogen) atoms. The van der Waals surface area contributed by atoms with Gasteiger partial charge in [-0.3, -0.25) is 0 Å². The van der Waals surface area contributed by atoms with Gasteiger partial charge in [-0.2, -0.15) is 13.2 Å². The fourth-order valence-electron chi connectivity index (χ4n) is 2.93. The Labute approximate surface area is 116 Å². The van der Waals surface area contributed by atoms with E-state index in [0.29, 0.717) is 19.1 Å². The van der Waals surface area contributed by atoms with E-state index in [-0.39, 0.29) is 0 Å². The highest BCUT2D eigenvalue weighted by Crippen LogP contribution is 2.22. The molecule has 0 aromatic carbocycles. The number of halogens is 3. The molecule has 1 amide bonds.